The van der Waals surface area contributed by atoms with Crippen molar-refractivity contribution in [2.24, 2.45) is 0 Å². The molecule has 79 heavy (non-hydrogen) atoms. The van der Waals surface area contributed by atoms with Crippen molar-refractivity contribution in [2.75, 3.05) is 47.5 Å². The first-order valence-corrected chi connectivity index (χ1v) is 36.1. The molecule has 2 atom stereocenters. The van der Waals surface area contributed by atoms with E-state index < -0.39 is 26.5 Å². The Morgan fingerprint density at radius 2 is 0.684 bits per heavy atom. The lowest BCUT2D eigenvalue weighted by molar-refractivity contribution is -0.870. The molecule has 0 aliphatic carbocycles. The van der Waals surface area contributed by atoms with Crippen molar-refractivity contribution in [3.05, 3.63) is 24.3 Å². The Morgan fingerprint density at radius 3 is 1.00 bits per heavy atom. The van der Waals surface area contributed by atoms with Gasteiger partial charge < -0.3 is 18.9 Å². The molecule has 0 aromatic carbocycles. The van der Waals surface area contributed by atoms with Crippen molar-refractivity contribution >= 4 is 19.8 Å². The van der Waals surface area contributed by atoms with Gasteiger partial charge in [-0.1, -0.05) is 321 Å². The van der Waals surface area contributed by atoms with Gasteiger partial charge in [-0.15, -0.1) is 0 Å². The van der Waals surface area contributed by atoms with Crippen molar-refractivity contribution in [1.82, 2.24) is 0 Å². The number of carbonyl (C=O) groups is 2. The maximum Gasteiger partial charge on any atom is 0.472 e. The van der Waals surface area contributed by atoms with Gasteiger partial charge in [-0.3, -0.25) is 18.6 Å². The van der Waals surface area contributed by atoms with E-state index in [1.54, 1.807) is 0 Å². The SMILES string of the molecule is CCCCCCC/C=C\C/C=C\CCCCCCCCCCCCCCCCCCCCCCCCCCCCCCCC(=O)OC(COC(=O)CCCCCCCCCCCCCCCC)COP(=O)(O)OCC[N+](C)(C)C. The number of allylic oxidation sites excluding steroid dienone is 4. The number of carbonyl (C=O) groups excluding carboxylic acids is 2. The molecule has 0 heterocycles. The topological polar surface area (TPSA) is 108 Å². The largest absolute Gasteiger partial charge is 0.472 e. The van der Waals surface area contributed by atoms with Crippen molar-refractivity contribution in [3.8, 4) is 0 Å². The number of esters is 2. The summed E-state index contributed by atoms with van der Waals surface area (Å²) in [6.45, 7) is 4.48. The van der Waals surface area contributed by atoms with Crippen molar-refractivity contribution in [3.63, 3.8) is 0 Å². The summed E-state index contributed by atoms with van der Waals surface area (Å²) in [6, 6.07) is 0. The number of phosphoric ester groups is 1. The van der Waals surface area contributed by atoms with E-state index in [0.29, 0.717) is 17.4 Å². The molecule has 0 aliphatic heterocycles. The van der Waals surface area contributed by atoms with Crippen LogP contribution in [0.4, 0.5) is 0 Å². The van der Waals surface area contributed by atoms with Gasteiger partial charge in [0.1, 0.15) is 19.8 Å². The molecule has 9 nitrogen and oxygen atoms in total. The summed E-state index contributed by atoms with van der Waals surface area (Å²) in [6.07, 6.45) is 75.9. The van der Waals surface area contributed by atoms with Crippen LogP contribution in [0.2, 0.25) is 0 Å². The van der Waals surface area contributed by atoms with Crippen LogP contribution in [-0.2, 0) is 32.7 Å². The molecule has 0 aliphatic rings. The Hall–Kier alpha value is -1.51. The minimum Gasteiger partial charge on any atom is -0.462 e. The van der Waals surface area contributed by atoms with Crippen molar-refractivity contribution in [2.45, 2.75) is 360 Å². The number of quaternary nitrogens is 1. The molecule has 10 heteroatoms. The van der Waals surface area contributed by atoms with E-state index in [2.05, 4.69) is 38.2 Å². The minimum absolute atomic E-state index is 0.0363. The molecule has 468 valence electrons. The molecular weight excluding hydrogens is 1000 g/mol. The Balaban J connectivity index is 3.82. The predicted molar refractivity (Wildman–Crippen MR) is 340 cm³/mol. The van der Waals surface area contributed by atoms with Gasteiger partial charge in [0.15, 0.2) is 6.10 Å². The Kier molecular flexibility index (Phi) is 59.9. The van der Waals surface area contributed by atoms with Gasteiger partial charge in [-0.2, -0.15) is 0 Å². The molecule has 0 saturated heterocycles. The number of ether oxygens (including phenoxy) is 2. The van der Waals surface area contributed by atoms with Gasteiger partial charge in [0.25, 0.3) is 0 Å². The van der Waals surface area contributed by atoms with Gasteiger partial charge in [0.2, 0.25) is 0 Å². The van der Waals surface area contributed by atoms with Crippen LogP contribution in [0, 0.1) is 0 Å². The number of phosphoric acid groups is 1. The zero-order chi connectivity index (χ0) is 57.7. The number of likely N-dealkylation sites (N-methyl/N-ethyl adjacent to an activating group) is 1. The lowest BCUT2D eigenvalue weighted by atomic mass is 10.0. The van der Waals surface area contributed by atoms with E-state index >= 15 is 0 Å². The van der Waals surface area contributed by atoms with Crippen LogP contribution in [0.25, 0.3) is 0 Å². The molecule has 0 radical (unpaired) electrons. The predicted octanol–water partition coefficient (Wildman–Crippen LogP) is 22.1. The Morgan fingerprint density at radius 1 is 0.392 bits per heavy atom. The minimum atomic E-state index is -4.38. The summed E-state index contributed by atoms with van der Waals surface area (Å²) in [7, 11) is 1.50. The molecule has 0 bridgehead atoms. The summed E-state index contributed by atoms with van der Waals surface area (Å²) >= 11 is 0. The van der Waals surface area contributed by atoms with Crippen molar-refractivity contribution in [1.29, 1.82) is 0 Å². The van der Waals surface area contributed by atoms with Gasteiger partial charge in [-0.25, -0.2) is 4.57 Å². The average molecular weight is 1140 g/mol. The van der Waals surface area contributed by atoms with E-state index in [1.165, 1.54) is 283 Å². The highest BCUT2D eigenvalue weighted by molar-refractivity contribution is 7.47. The second-order valence-corrected chi connectivity index (χ2v) is 26.4. The first kappa shape index (κ1) is 77.5. The number of hydrogen-bond donors (Lipinski definition) is 1. The normalized spacial score (nSPS) is 13.2. The summed E-state index contributed by atoms with van der Waals surface area (Å²) < 4.78 is 34.6. The molecule has 0 fully saturated rings. The van der Waals surface area contributed by atoms with Gasteiger partial charge >= 0.3 is 19.8 Å². The molecule has 0 rings (SSSR count). The summed E-state index contributed by atoms with van der Waals surface area (Å²) in [5, 5.41) is 0. The quantitative estimate of drug-likeness (QED) is 0.0211. The van der Waals surface area contributed by atoms with Crippen LogP contribution in [-0.4, -0.2) is 74.9 Å². The first-order valence-electron chi connectivity index (χ1n) is 34.6. The monoisotopic (exact) mass is 1140 g/mol. The fourth-order valence-electron chi connectivity index (χ4n) is 10.4. The van der Waals surface area contributed by atoms with Crippen LogP contribution in [0.3, 0.4) is 0 Å². The number of hydrogen-bond acceptors (Lipinski definition) is 7. The second-order valence-electron chi connectivity index (χ2n) is 24.9. The Labute approximate surface area is 491 Å². The molecule has 0 saturated carbocycles. The smallest absolute Gasteiger partial charge is 0.462 e. The highest BCUT2D eigenvalue weighted by atomic mass is 31.2. The third-order valence-electron chi connectivity index (χ3n) is 15.7. The van der Waals surface area contributed by atoms with Gasteiger partial charge in [0, 0.05) is 12.8 Å². The Bertz CT molecular complexity index is 1380. The summed E-state index contributed by atoms with van der Waals surface area (Å²) in [4.78, 5) is 35.7. The molecule has 0 aromatic heterocycles. The lowest BCUT2D eigenvalue weighted by Gasteiger charge is -2.24. The third-order valence-corrected chi connectivity index (χ3v) is 16.7. The van der Waals surface area contributed by atoms with E-state index in [9.17, 15) is 19.0 Å². The van der Waals surface area contributed by atoms with Crippen molar-refractivity contribution < 1.29 is 42.1 Å². The highest BCUT2D eigenvalue weighted by Gasteiger charge is 2.27. The van der Waals surface area contributed by atoms with Crippen LogP contribution in [0.1, 0.15) is 354 Å². The van der Waals surface area contributed by atoms with E-state index in [0.717, 1.165) is 44.9 Å². The lowest BCUT2D eigenvalue weighted by Crippen LogP contribution is -2.37. The van der Waals surface area contributed by atoms with Gasteiger partial charge in [-0.05, 0) is 44.9 Å². The molecule has 0 aromatic rings. The standard InChI is InChI=1S/C69H134NO8P/c1-6-8-10-12-14-16-18-20-22-23-24-25-26-27-28-29-30-31-32-33-34-35-36-37-38-39-40-41-42-43-44-45-46-47-48-50-52-54-56-58-60-62-69(72)78-67(66-77-79(73,74)76-64-63-70(3,4)5)65-75-68(71)61-59-57-55-53-51-49-21-19-17-15-13-11-9-7-2/h18,20,23-24,67H,6-17,19,21-22,25-66H2,1-5H3/p+1/b20-18-,24-23-. The fraction of sp³-hybridized carbons (Fsp3) is 0.913. The summed E-state index contributed by atoms with van der Waals surface area (Å²) in [5.41, 5.74) is 0. The fourth-order valence-corrected chi connectivity index (χ4v) is 11.1. The third kappa shape index (κ3) is 65.5. The zero-order valence-corrected chi connectivity index (χ0v) is 54.3. The average Bonchev–Trinajstić information content (AvgIpc) is 3.41. The molecule has 2 unspecified atom stereocenters. The van der Waals surface area contributed by atoms with Crippen LogP contribution >= 0.6 is 7.82 Å². The zero-order valence-electron chi connectivity index (χ0n) is 53.4. The second kappa shape index (κ2) is 61.1. The molecule has 0 amide bonds. The van der Waals surface area contributed by atoms with E-state index in [-0.39, 0.29) is 25.6 Å². The maximum atomic E-state index is 12.8. The van der Waals surface area contributed by atoms with E-state index in [1.807, 2.05) is 21.1 Å². The van der Waals surface area contributed by atoms with Gasteiger partial charge in [0.05, 0.1) is 27.7 Å². The number of unbranched alkanes of at least 4 members (excludes halogenated alkanes) is 47. The number of nitrogens with zero attached hydrogens (tertiary/aromatic N) is 1. The maximum absolute atomic E-state index is 12.8. The first-order chi connectivity index (χ1) is 38.5. The van der Waals surface area contributed by atoms with Crippen LogP contribution in [0.5, 0.6) is 0 Å². The highest BCUT2D eigenvalue weighted by Crippen LogP contribution is 2.43. The molecule has 1 N–H and O–H groups in total. The number of rotatable bonds is 65. The molecular formula is C69H135NO8P+. The molecule has 0 spiro atoms. The summed E-state index contributed by atoms with van der Waals surface area (Å²) in [5.74, 6) is -0.775. The van der Waals surface area contributed by atoms with Crippen LogP contribution < -0.4 is 0 Å². The van der Waals surface area contributed by atoms with Crippen LogP contribution in [0.15, 0.2) is 24.3 Å². The van der Waals surface area contributed by atoms with E-state index in [4.69, 9.17) is 18.5 Å².